The number of hydrogen-bond acceptors (Lipinski definition) is 3. The van der Waals surface area contributed by atoms with Crippen LogP contribution in [0.4, 0.5) is 0 Å². The molecule has 1 aliphatic rings. The van der Waals surface area contributed by atoms with Crippen molar-refractivity contribution < 1.29 is 15.0 Å². The summed E-state index contributed by atoms with van der Waals surface area (Å²) in [6.07, 6.45) is 5.58. The number of aromatic carboxylic acids is 1. The third kappa shape index (κ3) is 3.55. The van der Waals surface area contributed by atoms with Crippen LogP contribution < -0.4 is 5.32 Å². The molecule has 0 unspecified atom stereocenters. The highest BCUT2D eigenvalue weighted by atomic mass is 16.4. The van der Waals surface area contributed by atoms with Crippen LogP contribution in [0.2, 0.25) is 0 Å². The molecule has 1 aliphatic carbocycles. The van der Waals surface area contributed by atoms with Crippen LogP contribution in [0.25, 0.3) is 0 Å². The average Bonchev–Trinajstić information content (AvgIpc) is 2.46. The van der Waals surface area contributed by atoms with E-state index in [2.05, 4.69) is 5.32 Å². The number of rotatable bonds is 5. The molecule has 0 atom stereocenters. The lowest BCUT2D eigenvalue weighted by atomic mass is 9.82. The maximum Gasteiger partial charge on any atom is 0.335 e. The van der Waals surface area contributed by atoms with E-state index in [-0.39, 0.29) is 12.1 Å². The molecule has 1 fully saturated rings. The molecule has 0 heterocycles. The average molecular weight is 263 g/mol. The monoisotopic (exact) mass is 263 g/mol. The number of benzene rings is 1. The Morgan fingerprint density at radius 1 is 1.16 bits per heavy atom. The van der Waals surface area contributed by atoms with E-state index in [1.54, 1.807) is 12.1 Å². The Labute approximate surface area is 113 Å². The van der Waals surface area contributed by atoms with Gasteiger partial charge in [0.15, 0.2) is 0 Å². The van der Waals surface area contributed by atoms with Gasteiger partial charge in [-0.15, -0.1) is 0 Å². The Morgan fingerprint density at radius 3 is 2.32 bits per heavy atom. The zero-order valence-corrected chi connectivity index (χ0v) is 11.1. The summed E-state index contributed by atoms with van der Waals surface area (Å²) in [7, 11) is 0. The maximum atomic E-state index is 10.8. The molecule has 0 aliphatic heterocycles. The largest absolute Gasteiger partial charge is 0.478 e. The van der Waals surface area contributed by atoms with E-state index in [0.717, 1.165) is 31.2 Å². The highest BCUT2D eigenvalue weighted by Crippen LogP contribution is 2.28. The molecule has 19 heavy (non-hydrogen) atoms. The molecule has 0 bridgehead atoms. The van der Waals surface area contributed by atoms with E-state index >= 15 is 0 Å². The highest BCUT2D eigenvalue weighted by molar-refractivity contribution is 5.87. The fourth-order valence-corrected chi connectivity index (χ4v) is 2.67. The van der Waals surface area contributed by atoms with Crippen molar-refractivity contribution in [1.82, 2.24) is 5.32 Å². The molecule has 0 radical (unpaired) electrons. The van der Waals surface area contributed by atoms with Crippen molar-refractivity contribution in [3.05, 3.63) is 35.4 Å². The van der Waals surface area contributed by atoms with Crippen molar-refractivity contribution >= 4 is 5.97 Å². The van der Waals surface area contributed by atoms with Gasteiger partial charge in [0, 0.05) is 12.1 Å². The van der Waals surface area contributed by atoms with Gasteiger partial charge in [-0.2, -0.15) is 0 Å². The van der Waals surface area contributed by atoms with Crippen molar-refractivity contribution in [3.8, 4) is 0 Å². The molecule has 3 N–H and O–H groups in total. The lowest BCUT2D eigenvalue weighted by molar-refractivity contribution is 0.0697. The van der Waals surface area contributed by atoms with Crippen LogP contribution in [0.3, 0.4) is 0 Å². The normalized spacial score (nSPS) is 18.2. The van der Waals surface area contributed by atoms with E-state index in [0.29, 0.717) is 12.1 Å². The number of aliphatic hydroxyl groups excluding tert-OH is 1. The van der Waals surface area contributed by atoms with Gasteiger partial charge < -0.3 is 15.5 Å². The molecule has 4 heteroatoms. The summed E-state index contributed by atoms with van der Waals surface area (Å²) in [4.78, 5) is 10.8. The summed E-state index contributed by atoms with van der Waals surface area (Å²) in [5.41, 5.74) is 1.20. The number of hydrogen-bond donors (Lipinski definition) is 3. The Kier molecular flexibility index (Phi) is 4.56. The molecular weight excluding hydrogens is 242 g/mol. The Balaban J connectivity index is 1.95. The first kappa shape index (κ1) is 14.0. The molecule has 0 spiro atoms. The molecule has 1 saturated carbocycles. The first-order valence-electron chi connectivity index (χ1n) is 6.83. The van der Waals surface area contributed by atoms with Crippen molar-refractivity contribution in [2.75, 3.05) is 6.61 Å². The lowest BCUT2D eigenvalue weighted by Crippen LogP contribution is -2.49. The standard InChI is InChI=1S/C15H21NO3/c17-11-15(8-2-1-3-9-15)16-10-12-4-6-13(7-5-12)14(18)19/h4-7,16-17H,1-3,8-11H2,(H,18,19). The van der Waals surface area contributed by atoms with Crippen molar-refractivity contribution in [3.63, 3.8) is 0 Å². The lowest BCUT2D eigenvalue weighted by Gasteiger charge is -2.36. The second kappa shape index (κ2) is 6.17. The van der Waals surface area contributed by atoms with Crippen LogP contribution in [0.5, 0.6) is 0 Å². The van der Waals surface area contributed by atoms with Crippen LogP contribution in [0.15, 0.2) is 24.3 Å². The van der Waals surface area contributed by atoms with Gasteiger partial charge in [-0.05, 0) is 30.5 Å². The van der Waals surface area contributed by atoms with Gasteiger partial charge in [-0.1, -0.05) is 31.4 Å². The van der Waals surface area contributed by atoms with Crippen molar-refractivity contribution in [2.24, 2.45) is 0 Å². The van der Waals surface area contributed by atoms with Gasteiger partial charge in [-0.25, -0.2) is 4.79 Å². The van der Waals surface area contributed by atoms with Crippen LogP contribution in [0, 0.1) is 0 Å². The topological polar surface area (TPSA) is 69.6 Å². The second-order valence-corrected chi connectivity index (χ2v) is 5.35. The summed E-state index contributed by atoms with van der Waals surface area (Å²) in [5.74, 6) is -0.904. The molecular formula is C15H21NO3. The summed E-state index contributed by atoms with van der Waals surface area (Å²) in [6, 6.07) is 6.88. The number of aliphatic hydroxyl groups is 1. The summed E-state index contributed by atoms with van der Waals surface area (Å²) >= 11 is 0. The van der Waals surface area contributed by atoms with E-state index in [1.165, 1.54) is 6.42 Å². The molecule has 1 aromatic rings. The minimum absolute atomic E-state index is 0.149. The smallest absolute Gasteiger partial charge is 0.335 e. The highest BCUT2D eigenvalue weighted by Gasteiger charge is 2.30. The van der Waals surface area contributed by atoms with Gasteiger partial charge in [0.05, 0.1) is 12.2 Å². The first-order valence-corrected chi connectivity index (χ1v) is 6.83. The van der Waals surface area contributed by atoms with Gasteiger partial charge >= 0.3 is 5.97 Å². The molecule has 0 saturated heterocycles. The van der Waals surface area contributed by atoms with Crippen molar-refractivity contribution in [1.29, 1.82) is 0 Å². The third-order valence-corrected chi connectivity index (χ3v) is 3.98. The molecule has 2 rings (SSSR count). The van der Waals surface area contributed by atoms with Crippen molar-refractivity contribution in [2.45, 2.75) is 44.2 Å². The fourth-order valence-electron chi connectivity index (χ4n) is 2.67. The summed E-state index contributed by atoms with van der Waals surface area (Å²) in [6.45, 7) is 0.834. The molecule has 0 amide bonds. The number of nitrogens with one attached hydrogen (secondary N) is 1. The summed E-state index contributed by atoms with van der Waals surface area (Å²) in [5, 5.41) is 21.9. The van der Waals surface area contributed by atoms with Gasteiger partial charge in [0.2, 0.25) is 0 Å². The van der Waals surface area contributed by atoms with Gasteiger partial charge in [0.1, 0.15) is 0 Å². The quantitative estimate of drug-likeness (QED) is 0.761. The predicted molar refractivity (Wildman–Crippen MR) is 73.1 cm³/mol. The molecule has 1 aromatic carbocycles. The van der Waals surface area contributed by atoms with Crippen LogP contribution in [0.1, 0.15) is 48.0 Å². The van der Waals surface area contributed by atoms with Gasteiger partial charge in [0.25, 0.3) is 0 Å². The summed E-state index contributed by atoms with van der Waals surface area (Å²) < 4.78 is 0. The van der Waals surface area contributed by atoms with Crippen LogP contribution in [-0.4, -0.2) is 28.3 Å². The minimum atomic E-state index is -0.904. The second-order valence-electron chi connectivity index (χ2n) is 5.35. The third-order valence-electron chi connectivity index (χ3n) is 3.98. The zero-order valence-electron chi connectivity index (χ0n) is 11.1. The van der Waals surface area contributed by atoms with Gasteiger partial charge in [-0.3, -0.25) is 0 Å². The maximum absolute atomic E-state index is 10.8. The molecule has 4 nitrogen and oxygen atoms in total. The number of carbonyl (C=O) groups is 1. The van der Waals surface area contributed by atoms with E-state index in [4.69, 9.17) is 5.11 Å². The van der Waals surface area contributed by atoms with Crippen LogP contribution >= 0.6 is 0 Å². The first-order chi connectivity index (χ1) is 9.15. The van der Waals surface area contributed by atoms with Crippen LogP contribution in [-0.2, 0) is 6.54 Å². The molecule has 0 aromatic heterocycles. The predicted octanol–water partition coefficient (Wildman–Crippen LogP) is 2.17. The van der Waals surface area contributed by atoms with E-state index < -0.39 is 5.97 Å². The van der Waals surface area contributed by atoms with E-state index in [9.17, 15) is 9.90 Å². The SMILES string of the molecule is O=C(O)c1ccc(CNC2(CO)CCCCC2)cc1. The number of carboxylic acids is 1. The number of carboxylic acid groups (broad SMARTS) is 1. The Hall–Kier alpha value is -1.39. The Morgan fingerprint density at radius 2 is 1.79 bits per heavy atom. The van der Waals surface area contributed by atoms with E-state index in [1.807, 2.05) is 12.1 Å². The molecule has 104 valence electrons. The minimum Gasteiger partial charge on any atom is -0.478 e. The fraction of sp³-hybridized carbons (Fsp3) is 0.533. The zero-order chi connectivity index (χ0) is 13.7. The Bertz CT molecular complexity index is 422.